The zero-order valence-electron chi connectivity index (χ0n) is 29.1. The van der Waals surface area contributed by atoms with E-state index in [1.54, 1.807) is 0 Å². The van der Waals surface area contributed by atoms with E-state index in [2.05, 4.69) is 98.9 Å². The van der Waals surface area contributed by atoms with Crippen molar-refractivity contribution >= 4 is 5.97 Å². The number of aliphatic hydroxyl groups is 1. The van der Waals surface area contributed by atoms with Gasteiger partial charge in [-0.25, -0.2) is 0 Å². The molecule has 0 aliphatic heterocycles. The zero-order valence-corrected chi connectivity index (χ0v) is 29.1. The summed E-state index contributed by atoms with van der Waals surface area (Å²) in [6, 6.07) is 0. The zero-order chi connectivity index (χ0) is 32.7. The van der Waals surface area contributed by atoms with Crippen molar-refractivity contribution in [1.82, 2.24) is 0 Å². The van der Waals surface area contributed by atoms with Crippen molar-refractivity contribution in [3.05, 3.63) is 85.1 Å². The fraction of sp³-hybridized carbons (Fsp3) is 0.634. The third-order valence-corrected chi connectivity index (χ3v) is 7.20. The van der Waals surface area contributed by atoms with Crippen LogP contribution in [0.2, 0.25) is 0 Å². The van der Waals surface area contributed by atoms with Crippen LogP contribution in [0.25, 0.3) is 0 Å². The second-order valence-corrected chi connectivity index (χ2v) is 11.6. The highest BCUT2D eigenvalue weighted by atomic mass is 16.6. The molecule has 0 bridgehead atoms. The number of hydrogen-bond donors (Lipinski definition) is 1. The molecule has 1 unspecified atom stereocenters. The van der Waals surface area contributed by atoms with Crippen LogP contribution in [0.1, 0.15) is 142 Å². The minimum Gasteiger partial charge on any atom is -0.457 e. The van der Waals surface area contributed by atoms with Crippen LogP contribution in [0.15, 0.2) is 85.1 Å². The number of unbranched alkanes of at least 4 members (excludes halogenated alkanes) is 10. The van der Waals surface area contributed by atoms with Gasteiger partial charge in [0.2, 0.25) is 0 Å². The number of rotatable bonds is 32. The molecule has 0 aliphatic rings. The standard InChI is InChI=1S/C41H68O4/c1-3-5-7-9-11-13-15-17-19-21-22-24-26-28-30-32-34-36-41(43)45-40(38-42)39-44-37-35-33-31-29-27-25-23-20-18-16-14-12-10-8-6-4-2/h5,7,11-14,17-20,22,24,28,30,40,42H,3-4,6,8-10,15-16,21,23,25-27,29,31-39H2,1-2H3/b7-5-,13-11-,14-12-,19-17-,20-18-,24-22-,30-28-. The summed E-state index contributed by atoms with van der Waals surface area (Å²) in [6.45, 7) is 5.10. The van der Waals surface area contributed by atoms with Crippen LogP contribution in [-0.4, -0.2) is 37.0 Å². The molecule has 0 aliphatic carbocycles. The Morgan fingerprint density at radius 1 is 0.556 bits per heavy atom. The van der Waals surface area contributed by atoms with E-state index in [0.29, 0.717) is 13.0 Å². The summed E-state index contributed by atoms with van der Waals surface area (Å²) in [6.07, 6.45) is 51.9. The third-order valence-electron chi connectivity index (χ3n) is 7.20. The minimum atomic E-state index is -0.573. The predicted molar refractivity (Wildman–Crippen MR) is 195 cm³/mol. The van der Waals surface area contributed by atoms with Gasteiger partial charge >= 0.3 is 5.97 Å². The molecule has 0 radical (unpaired) electrons. The van der Waals surface area contributed by atoms with E-state index in [-0.39, 0.29) is 19.2 Å². The van der Waals surface area contributed by atoms with E-state index in [4.69, 9.17) is 9.47 Å². The average Bonchev–Trinajstić information content (AvgIpc) is 3.05. The molecule has 45 heavy (non-hydrogen) atoms. The fourth-order valence-electron chi connectivity index (χ4n) is 4.51. The first-order chi connectivity index (χ1) is 22.2. The van der Waals surface area contributed by atoms with Crippen molar-refractivity contribution in [3.63, 3.8) is 0 Å². The Hall–Kier alpha value is -2.43. The maximum atomic E-state index is 12.1. The molecule has 1 atom stereocenters. The highest BCUT2D eigenvalue weighted by molar-refractivity contribution is 5.69. The van der Waals surface area contributed by atoms with E-state index in [0.717, 1.165) is 64.2 Å². The van der Waals surface area contributed by atoms with Crippen LogP contribution in [-0.2, 0) is 14.3 Å². The van der Waals surface area contributed by atoms with Gasteiger partial charge in [-0.2, -0.15) is 0 Å². The van der Waals surface area contributed by atoms with Crippen LogP contribution >= 0.6 is 0 Å². The summed E-state index contributed by atoms with van der Waals surface area (Å²) in [5, 5.41) is 9.55. The molecule has 0 heterocycles. The van der Waals surface area contributed by atoms with Crippen LogP contribution < -0.4 is 0 Å². The molecule has 4 nitrogen and oxygen atoms in total. The number of allylic oxidation sites excluding steroid dienone is 14. The smallest absolute Gasteiger partial charge is 0.306 e. The first-order valence-corrected chi connectivity index (χ1v) is 18.2. The van der Waals surface area contributed by atoms with Gasteiger partial charge in [0.15, 0.2) is 0 Å². The Labute approximate surface area is 278 Å². The number of carbonyl (C=O) groups is 1. The molecule has 4 heteroatoms. The Balaban J connectivity index is 3.62. The van der Waals surface area contributed by atoms with E-state index >= 15 is 0 Å². The van der Waals surface area contributed by atoms with Gasteiger partial charge in [-0.15, -0.1) is 0 Å². The summed E-state index contributed by atoms with van der Waals surface area (Å²) < 4.78 is 11.1. The van der Waals surface area contributed by atoms with Crippen molar-refractivity contribution in [3.8, 4) is 0 Å². The third kappa shape index (κ3) is 35.9. The minimum absolute atomic E-state index is 0.204. The normalized spacial score (nSPS) is 13.4. The molecule has 0 aromatic rings. The van der Waals surface area contributed by atoms with Crippen LogP contribution in [0.4, 0.5) is 0 Å². The predicted octanol–water partition coefficient (Wildman–Crippen LogP) is 11.6. The molecule has 0 aromatic heterocycles. The van der Waals surface area contributed by atoms with E-state index in [9.17, 15) is 9.90 Å². The largest absolute Gasteiger partial charge is 0.457 e. The van der Waals surface area contributed by atoms with Gasteiger partial charge in [-0.05, 0) is 83.5 Å². The molecule has 1 N–H and O–H groups in total. The highest BCUT2D eigenvalue weighted by Gasteiger charge is 2.13. The van der Waals surface area contributed by atoms with Crippen molar-refractivity contribution in [2.24, 2.45) is 0 Å². The molecule has 0 saturated heterocycles. The lowest BCUT2D eigenvalue weighted by Gasteiger charge is -2.15. The van der Waals surface area contributed by atoms with Crippen LogP contribution in [0, 0.1) is 0 Å². The van der Waals surface area contributed by atoms with Crippen LogP contribution in [0.3, 0.4) is 0 Å². The topological polar surface area (TPSA) is 55.8 Å². The Morgan fingerprint density at radius 2 is 1.00 bits per heavy atom. The lowest BCUT2D eigenvalue weighted by Crippen LogP contribution is -2.27. The van der Waals surface area contributed by atoms with E-state index < -0.39 is 6.10 Å². The molecule has 256 valence electrons. The highest BCUT2D eigenvalue weighted by Crippen LogP contribution is 2.09. The maximum Gasteiger partial charge on any atom is 0.306 e. The fourth-order valence-corrected chi connectivity index (χ4v) is 4.51. The quantitative estimate of drug-likeness (QED) is 0.0459. The van der Waals surface area contributed by atoms with Crippen molar-refractivity contribution in [2.75, 3.05) is 19.8 Å². The van der Waals surface area contributed by atoms with Gasteiger partial charge < -0.3 is 14.6 Å². The molecular weight excluding hydrogens is 556 g/mol. The van der Waals surface area contributed by atoms with Gasteiger partial charge in [-0.1, -0.05) is 137 Å². The summed E-state index contributed by atoms with van der Waals surface area (Å²) in [4.78, 5) is 12.1. The molecule has 0 spiro atoms. The number of carbonyl (C=O) groups excluding carboxylic acids is 1. The first-order valence-electron chi connectivity index (χ1n) is 18.2. The van der Waals surface area contributed by atoms with E-state index in [1.165, 1.54) is 57.8 Å². The lowest BCUT2D eigenvalue weighted by atomic mass is 10.1. The van der Waals surface area contributed by atoms with E-state index in [1.807, 2.05) is 0 Å². The second-order valence-electron chi connectivity index (χ2n) is 11.6. The van der Waals surface area contributed by atoms with Gasteiger partial charge in [-0.3, -0.25) is 4.79 Å². The van der Waals surface area contributed by atoms with Crippen LogP contribution in [0.5, 0.6) is 0 Å². The van der Waals surface area contributed by atoms with Crippen molar-refractivity contribution < 1.29 is 19.4 Å². The van der Waals surface area contributed by atoms with Gasteiger partial charge in [0.05, 0.1) is 13.2 Å². The summed E-state index contributed by atoms with van der Waals surface area (Å²) in [5.41, 5.74) is 0. The Kier molecular flexibility index (Phi) is 35.7. The Bertz CT molecular complexity index is 830. The first kappa shape index (κ1) is 42.6. The average molecular weight is 625 g/mol. The number of hydrogen-bond acceptors (Lipinski definition) is 4. The lowest BCUT2D eigenvalue weighted by molar-refractivity contribution is -0.154. The molecular formula is C41H68O4. The Morgan fingerprint density at radius 3 is 1.51 bits per heavy atom. The van der Waals surface area contributed by atoms with Crippen molar-refractivity contribution in [1.29, 1.82) is 0 Å². The van der Waals surface area contributed by atoms with Crippen molar-refractivity contribution in [2.45, 2.75) is 148 Å². The molecule has 0 amide bonds. The maximum absolute atomic E-state index is 12.1. The molecule has 0 saturated carbocycles. The summed E-state index contributed by atoms with van der Waals surface area (Å²) in [5.74, 6) is -0.265. The SMILES string of the molecule is CC/C=C\C/C=C\C/C=C\C/C=C\C/C=C\CCCC(=O)OC(CO)COCCCCCCCC/C=C\C/C=C\CCCCC. The summed E-state index contributed by atoms with van der Waals surface area (Å²) in [7, 11) is 0. The number of esters is 1. The number of ether oxygens (including phenoxy) is 2. The molecule has 0 aromatic carbocycles. The monoisotopic (exact) mass is 625 g/mol. The molecule has 0 fully saturated rings. The molecule has 0 rings (SSSR count). The van der Waals surface area contributed by atoms with Gasteiger partial charge in [0.25, 0.3) is 0 Å². The number of aliphatic hydroxyl groups excluding tert-OH is 1. The van der Waals surface area contributed by atoms with Gasteiger partial charge in [0.1, 0.15) is 6.10 Å². The summed E-state index contributed by atoms with van der Waals surface area (Å²) >= 11 is 0. The second kappa shape index (κ2) is 37.8. The van der Waals surface area contributed by atoms with Gasteiger partial charge in [0, 0.05) is 13.0 Å².